The highest BCUT2D eigenvalue weighted by Gasteiger charge is 2.36. The zero-order valence-corrected chi connectivity index (χ0v) is 24.8. The van der Waals surface area contributed by atoms with Crippen molar-refractivity contribution in [1.29, 1.82) is 0 Å². The fraction of sp³-hybridized carbons (Fsp3) is 0.344. The first-order chi connectivity index (χ1) is 21.2. The van der Waals surface area contributed by atoms with Gasteiger partial charge < -0.3 is 38.6 Å². The van der Waals surface area contributed by atoms with Gasteiger partial charge in [0.15, 0.2) is 29.3 Å². The van der Waals surface area contributed by atoms with Gasteiger partial charge in [-0.1, -0.05) is 30.4 Å². The number of nitro benzene ring substituents is 1. The van der Waals surface area contributed by atoms with Gasteiger partial charge in [-0.3, -0.25) is 14.9 Å². The number of aryl methyl sites for hydroxylation is 1. The Bertz CT molecular complexity index is 1520. The molecule has 234 valence electrons. The second kappa shape index (κ2) is 14.6. The zero-order valence-electron chi connectivity index (χ0n) is 24.8. The van der Waals surface area contributed by atoms with Gasteiger partial charge in [0.25, 0.3) is 5.69 Å². The molecule has 3 atom stereocenters. The van der Waals surface area contributed by atoms with Crippen molar-refractivity contribution in [3.05, 3.63) is 87.5 Å². The molecule has 1 aliphatic heterocycles. The van der Waals surface area contributed by atoms with E-state index in [0.29, 0.717) is 41.0 Å². The molecule has 1 unspecified atom stereocenters. The number of nitro groups is 1. The molecular formula is C32H35NO11. The van der Waals surface area contributed by atoms with Crippen LogP contribution in [0.5, 0.6) is 34.5 Å². The lowest BCUT2D eigenvalue weighted by Gasteiger charge is -2.37. The van der Waals surface area contributed by atoms with E-state index in [1.807, 2.05) is 12.2 Å². The van der Waals surface area contributed by atoms with Gasteiger partial charge in [-0.05, 0) is 38.0 Å². The van der Waals surface area contributed by atoms with Gasteiger partial charge >= 0.3 is 5.97 Å². The number of allylic oxidation sites excluding steroid dienone is 2. The molecule has 1 fully saturated rings. The van der Waals surface area contributed by atoms with Crippen molar-refractivity contribution >= 4 is 11.7 Å². The van der Waals surface area contributed by atoms with Crippen molar-refractivity contribution in [2.75, 3.05) is 27.9 Å². The molecule has 4 rings (SSSR count). The summed E-state index contributed by atoms with van der Waals surface area (Å²) in [5.74, 6) is 0.371. The summed E-state index contributed by atoms with van der Waals surface area (Å²) >= 11 is 0. The number of para-hydroxylation sites is 1. The average molecular weight is 610 g/mol. The number of benzene rings is 3. The van der Waals surface area contributed by atoms with Crippen molar-refractivity contribution in [2.45, 2.75) is 38.6 Å². The molecule has 0 bridgehead atoms. The molecule has 12 heteroatoms. The van der Waals surface area contributed by atoms with Crippen molar-refractivity contribution in [3.63, 3.8) is 0 Å². The van der Waals surface area contributed by atoms with Gasteiger partial charge in [0, 0.05) is 29.5 Å². The number of ether oxygens (including phenoxy) is 6. The lowest BCUT2D eigenvalue weighted by Crippen LogP contribution is -2.30. The van der Waals surface area contributed by atoms with E-state index in [2.05, 4.69) is 0 Å². The van der Waals surface area contributed by atoms with Crippen LogP contribution >= 0.6 is 0 Å². The van der Waals surface area contributed by atoms with E-state index < -0.39 is 23.3 Å². The summed E-state index contributed by atoms with van der Waals surface area (Å²) in [5.41, 5.74) is 1.27. The number of carboxylic acids is 1. The van der Waals surface area contributed by atoms with Crippen LogP contribution < -0.4 is 18.9 Å². The normalized spacial score (nSPS) is 18.1. The SMILES string of the molecule is COc1cc(Oc2cc(C)c([N+](=O)[O-])cc2OC)c(C2OC[C@@H](C/C=C\CCC(=O)O)[C@@H](c3ccccc3O)O2)cc1OC. The maximum absolute atomic E-state index is 11.5. The predicted octanol–water partition coefficient (Wildman–Crippen LogP) is 6.64. The fourth-order valence-corrected chi connectivity index (χ4v) is 4.94. The van der Waals surface area contributed by atoms with E-state index in [-0.39, 0.29) is 47.6 Å². The Morgan fingerprint density at radius 1 is 0.977 bits per heavy atom. The third-order valence-corrected chi connectivity index (χ3v) is 7.20. The summed E-state index contributed by atoms with van der Waals surface area (Å²) in [6, 6.07) is 12.9. The van der Waals surface area contributed by atoms with Crippen LogP contribution in [-0.4, -0.2) is 49.0 Å². The number of carbonyl (C=O) groups is 1. The smallest absolute Gasteiger partial charge is 0.303 e. The van der Waals surface area contributed by atoms with E-state index in [9.17, 15) is 20.0 Å². The van der Waals surface area contributed by atoms with Crippen LogP contribution in [0.25, 0.3) is 0 Å². The number of methoxy groups -OCH3 is 3. The van der Waals surface area contributed by atoms with Crippen LogP contribution in [0, 0.1) is 23.0 Å². The third kappa shape index (κ3) is 7.39. The largest absolute Gasteiger partial charge is 0.508 e. The quantitative estimate of drug-likeness (QED) is 0.122. The monoisotopic (exact) mass is 609 g/mol. The van der Waals surface area contributed by atoms with Gasteiger partial charge in [0.05, 0.1) is 50.6 Å². The number of aliphatic carboxylic acids is 1. The maximum Gasteiger partial charge on any atom is 0.303 e. The van der Waals surface area contributed by atoms with E-state index >= 15 is 0 Å². The van der Waals surface area contributed by atoms with E-state index in [1.165, 1.54) is 33.5 Å². The Kier molecular flexibility index (Phi) is 10.6. The molecule has 0 spiro atoms. The van der Waals surface area contributed by atoms with Crippen molar-refractivity contribution in [2.24, 2.45) is 5.92 Å². The number of nitrogens with zero attached hydrogens (tertiary/aromatic N) is 1. The number of carboxylic acid groups (broad SMARTS) is 1. The Labute approximate surface area is 254 Å². The summed E-state index contributed by atoms with van der Waals surface area (Å²) in [6.07, 6.45) is 3.05. The van der Waals surface area contributed by atoms with E-state index in [0.717, 1.165) is 0 Å². The van der Waals surface area contributed by atoms with E-state index in [1.54, 1.807) is 43.3 Å². The molecule has 0 amide bonds. The number of rotatable bonds is 13. The van der Waals surface area contributed by atoms with Crippen molar-refractivity contribution < 1.29 is 48.4 Å². The number of phenolic OH excluding ortho intramolecular Hbond substituents is 1. The van der Waals surface area contributed by atoms with Crippen molar-refractivity contribution in [1.82, 2.24) is 0 Å². The molecule has 1 heterocycles. The molecule has 12 nitrogen and oxygen atoms in total. The van der Waals surface area contributed by atoms with Gasteiger partial charge in [0.1, 0.15) is 11.5 Å². The second-order valence-corrected chi connectivity index (χ2v) is 10.1. The average Bonchev–Trinajstić information content (AvgIpc) is 3.01. The highest BCUT2D eigenvalue weighted by Crippen LogP contribution is 2.48. The predicted molar refractivity (Wildman–Crippen MR) is 159 cm³/mol. The minimum absolute atomic E-state index is 0.0281. The van der Waals surface area contributed by atoms with Crippen LogP contribution in [0.1, 0.15) is 48.3 Å². The molecule has 0 radical (unpaired) electrons. The van der Waals surface area contributed by atoms with Crippen LogP contribution in [0.4, 0.5) is 5.69 Å². The molecule has 3 aromatic carbocycles. The molecule has 2 N–H and O–H groups in total. The number of hydrogen-bond donors (Lipinski definition) is 2. The summed E-state index contributed by atoms with van der Waals surface area (Å²) in [5, 5.41) is 31.1. The topological polar surface area (TPSA) is 156 Å². The van der Waals surface area contributed by atoms with Gasteiger partial charge in [-0.25, -0.2) is 0 Å². The molecule has 0 aromatic heterocycles. The highest BCUT2D eigenvalue weighted by molar-refractivity contribution is 5.66. The molecule has 0 aliphatic carbocycles. The van der Waals surface area contributed by atoms with Crippen molar-refractivity contribution in [3.8, 4) is 34.5 Å². The number of phenols is 1. The van der Waals surface area contributed by atoms with Crippen LogP contribution in [0.3, 0.4) is 0 Å². The molecule has 3 aromatic rings. The molecule has 0 saturated carbocycles. The van der Waals surface area contributed by atoms with Gasteiger partial charge in [0.2, 0.25) is 0 Å². The maximum atomic E-state index is 11.5. The number of aromatic hydroxyl groups is 1. The molecule has 1 aliphatic rings. The number of hydrogen-bond acceptors (Lipinski definition) is 10. The minimum Gasteiger partial charge on any atom is -0.508 e. The van der Waals surface area contributed by atoms with Crippen LogP contribution in [-0.2, 0) is 14.3 Å². The zero-order chi connectivity index (χ0) is 31.8. The summed E-state index contributed by atoms with van der Waals surface area (Å²) in [4.78, 5) is 21.9. The van der Waals surface area contributed by atoms with Crippen LogP contribution in [0.15, 0.2) is 60.7 Å². The lowest BCUT2D eigenvalue weighted by molar-refractivity contribution is -0.385. The summed E-state index contributed by atoms with van der Waals surface area (Å²) in [7, 11) is 4.36. The third-order valence-electron chi connectivity index (χ3n) is 7.20. The Balaban J connectivity index is 1.72. The van der Waals surface area contributed by atoms with Crippen LogP contribution in [0.2, 0.25) is 0 Å². The Hall–Kier alpha value is -4.81. The molecular weight excluding hydrogens is 574 g/mol. The fourth-order valence-electron chi connectivity index (χ4n) is 4.94. The molecule has 44 heavy (non-hydrogen) atoms. The Morgan fingerprint density at radius 2 is 1.66 bits per heavy atom. The van der Waals surface area contributed by atoms with Gasteiger partial charge in [-0.2, -0.15) is 0 Å². The lowest BCUT2D eigenvalue weighted by atomic mass is 9.91. The van der Waals surface area contributed by atoms with Gasteiger partial charge in [-0.15, -0.1) is 0 Å². The highest BCUT2D eigenvalue weighted by atomic mass is 16.7. The Morgan fingerprint density at radius 3 is 2.32 bits per heavy atom. The van der Waals surface area contributed by atoms with E-state index in [4.69, 9.17) is 33.5 Å². The minimum atomic E-state index is -0.980. The standard InChI is InChI=1S/C32H35NO11/c1-19-14-29(27(40-3)16-23(19)33(37)38)43-25-17-28(41-4)26(39-2)15-22(25)32-42-18-20(10-6-5-7-13-30(35)36)31(44-32)21-11-8-9-12-24(21)34/h5-6,8-9,11-12,14-17,20,31-32,34H,7,10,13,18H2,1-4H3,(H,35,36)/b6-5-/t20-,31+,32?/m1/s1. The second-order valence-electron chi connectivity index (χ2n) is 10.1. The first-order valence-electron chi connectivity index (χ1n) is 13.8. The molecule has 1 saturated heterocycles. The first-order valence-corrected chi connectivity index (χ1v) is 13.8. The summed E-state index contributed by atoms with van der Waals surface area (Å²) in [6.45, 7) is 1.83. The first kappa shape index (κ1) is 32.1. The summed E-state index contributed by atoms with van der Waals surface area (Å²) < 4.78 is 35.5.